The second-order valence-electron chi connectivity index (χ2n) is 4.62. The molecule has 0 amide bonds. The summed E-state index contributed by atoms with van der Waals surface area (Å²) in [7, 11) is 0. The second-order valence-corrected chi connectivity index (χ2v) is 5.06. The Morgan fingerprint density at radius 2 is 1.79 bits per heavy atom. The molecule has 96 valence electrons. The predicted molar refractivity (Wildman–Crippen MR) is 80.4 cm³/mol. The van der Waals surface area contributed by atoms with Crippen molar-refractivity contribution < 1.29 is 0 Å². The van der Waals surface area contributed by atoms with Gasteiger partial charge < -0.3 is 10.3 Å². The van der Waals surface area contributed by atoms with Crippen molar-refractivity contribution in [2.75, 3.05) is 0 Å². The molecule has 2 nitrogen and oxygen atoms in total. The zero-order valence-corrected chi connectivity index (χ0v) is 11.3. The van der Waals surface area contributed by atoms with Gasteiger partial charge in [-0.15, -0.1) is 0 Å². The maximum atomic E-state index is 5.91. The van der Waals surface area contributed by atoms with Gasteiger partial charge in [0, 0.05) is 35.2 Å². The van der Waals surface area contributed by atoms with Crippen LogP contribution in [-0.2, 0) is 13.1 Å². The van der Waals surface area contributed by atoms with Crippen LogP contribution in [0, 0.1) is 0 Å². The number of nitrogens with zero attached hydrogens (tertiary/aromatic N) is 1. The van der Waals surface area contributed by atoms with Gasteiger partial charge in [-0.2, -0.15) is 0 Å². The summed E-state index contributed by atoms with van der Waals surface area (Å²) >= 11 is 5.91. The number of halogens is 1. The van der Waals surface area contributed by atoms with Gasteiger partial charge in [0.1, 0.15) is 0 Å². The SMILES string of the molecule is NCc1cccc2c1ccn2Cc1ccc(Cl)cc1. The number of nitrogens with two attached hydrogens (primary N) is 1. The maximum absolute atomic E-state index is 5.91. The topological polar surface area (TPSA) is 30.9 Å². The van der Waals surface area contributed by atoms with Crippen LogP contribution in [0.15, 0.2) is 54.7 Å². The summed E-state index contributed by atoms with van der Waals surface area (Å²) in [4.78, 5) is 0. The molecule has 0 saturated heterocycles. The lowest BCUT2D eigenvalue weighted by Gasteiger charge is -2.07. The maximum Gasteiger partial charge on any atom is 0.0486 e. The average molecular weight is 271 g/mol. The Labute approximate surface area is 117 Å². The van der Waals surface area contributed by atoms with Gasteiger partial charge in [0.05, 0.1) is 0 Å². The summed E-state index contributed by atoms with van der Waals surface area (Å²) in [6, 6.07) is 16.4. The Bertz CT molecular complexity index is 698. The van der Waals surface area contributed by atoms with Gasteiger partial charge in [-0.1, -0.05) is 35.9 Å². The summed E-state index contributed by atoms with van der Waals surface area (Å²) in [5.41, 5.74) is 9.41. The molecule has 3 aromatic rings. The van der Waals surface area contributed by atoms with Crippen molar-refractivity contribution in [2.45, 2.75) is 13.1 Å². The van der Waals surface area contributed by atoms with Crippen LogP contribution >= 0.6 is 11.6 Å². The molecule has 0 aliphatic heterocycles. The second kappa shape index (κ2) is 5.08. The molecule has 0 saturated carbocycles. The Balaban J connectivity index is 1.99. The summed E-state index contributed by atoms with van der Waals surface area (Å²) < 4.78 is 2.23. The van der Waals surface area contributed by atoms with E-state index in [0.29, 0.717) is 6.54 Å². The largest absolute Gasteiger partial charge is 0.343 e. The van der Waals surface area contributed by atoms with E-state index in [0.717, 1.165) is 11.6 Å². The molecule has 1 aromatic heterocycles. The van der Waals surface area contributed by atoms with E-state index >= 15 is 0 Å². The van der Waals surface area contributed by atoms with Crippen LogP contribution < -0.4 is 5.73 Å². The highest BCUT2D eigenvalue weighted by Gasteiger charge is 2.04. The molecule has 0 radical (unpaired) electrons. The fourth-order valence-electron chi connectivity index (χ4n) is 2.39. The highest BCUT2D eigenvalue weighted by Crippen LogP contribution is 2.21. The number of aromatic nitrogens is 1. The Kier molecular flexibility index (Phi) is 3.28. The highest BCUT2D eigenvalue weighted by molar-refractivity contribution is 6.30. The van der Waals surface area contributed by atoms with E-state index in [9.17, 15) is 0 Å². The molecule has 1 heterocycles. The Morgan fingerprint density at radius 1 is 1.00 bits per heavy atom. The van der Waals surface area contributed by atoms with Crippen LogP contribution in [0.5, 0.6) is 0 Å². The van der Waals surface area contributed by atoms with Crippen LogP contribution in [0.4, 0.5) is 0 Å². The normalized spacial score (nSPS) is 11.1. The van der Waals surface area contributed by atoms with Crippen molar-refractivity contribution in [2.24, 2.45) is 5.73 Å². The third kappa shape index (κ3) is 2.37. The van der Waals surface area contributed by atoms with Crippen molar-refractivity contribution in [1.82, 2.24) is 4.57 Å². The van der Waals surface area contributed by atoms with Gasteiger partial charge in [0.15, 0.2) is 0 Å². The first-order valence-corrected chi connectivity index (χ1v) is 6.67. The van der Waals surface area contributed by atoms with Crippen molar-refractivity contribution in [1.29, 1.82) is 0 Å². The van der Waals surface area contributed by atoms with Gasteiger partial charge in [0.25, 0.3) is 0 Å². The molecule has 2 aromatic carbocycles. The fourth-order valence-corrected chi connectivity index (χ4v) is 2.52. The minimum absolute atomic E-state index is 0.572. The lowest BCUT2D eigenvalue weighted by atomic mass is 10.1. The molecule has 0 aliphatic rings. The van der Waals surface area contributed by atoms with Crippen LogP contribution in [0.3, 0.4) is 0 Å². The van der Waals surface area contributed by atoms with Gasteiger partial charge in [-0.3, -0.25) is 0 Å². The number of rotatable bonds is 3. The zero-order valence-electron chi connectivity index (χ0n) is 10.5. The quantitative estimate of drug-likeness (QED) is 0.771. The first-order valence-electron chi connectivity index (χ1n) is 6.29. The van der Waals surface area contributed by atoms with Crippen LogP contribution in [0.1, 0.15) is 11.1 Å². The number of fused-ring (bicyclic) bond motifs is 1. The van der Waals surface area contributed by atoms with E-state index < -0.39 is 0 Å². The van der Waals surface area contributed by atoms with E-state index in [1.165, 1.54) is 22.0 Å². The monoisotopic (exact) mass is 270 g/mol. The Hall–Kier alpha value is -1.77. The number of hydrogen-bond donors (Lipinski definition) is 1. The lowest BCUT2D eigenvalue weighted by Crippen LogP contribution is -1.99. The molecule has 2 N–H and O–H groups in total. The highest BCUT2D eigenvalue weighted by atomic mass is 35.5. The number of benzene rings is 2. The first-order chi connectivity index (χ1) is 9.28. The molecular weight excluding hydrogens is 256 g/mol. The molecule has 3 rings (SSSR count). The fraction of sp³-hybridized carbons (Fsp3) is 0.125. The van der Waals surface area contributed by atoms with Crippen molar-refractivity contribution in [3.05, 3.63) is 70.9 Å². The van der Waals surface area contributed by atoms with Gasteiger partial charge in [0.2, 0.25) is 0 Å². The zero-order chi connectivity index (χ0) is 13.2. The van der Waals surface area contributed by atoms with E-state index in [4.69, 9.17) is 17.3 Å². The molecule has 0 aliphatic carbocycles. The molecule has 19 heavy (non-hydrogen) atoms. The number of hydrogen-bond acceptors (Lipinski definition) is 1. The summed E-state index contributed by atoms with van der Waals surface area (Å²) in [6.07, 6.45) is 2.11. The molecule has 0 spiro atoms. The van der Waals surface area contributed by atoms with E-state index in [1.807, 2.05) is 12.1 Å². The van der Waals surface area contributed by atoms with E-state index in [1.54, 1.807) is 0 Å². The summed E-state index contributed by atoms with van der Waals surface area (Å²) in [6.45, 7) is 1.41. The van der Waals surface area contributed by atoms with Gasteiger partial charge in [-0.25, -0.2) is 0 Å². The Morgan fingerprint density at radius 3 is 2.53 bits per heavy atom. The van der Waals surface area contributed by atoms with E-state index in [2.05, 4.69) is 47.2 Å². The minimum Gasteiger partial charge on any atom is -0.343 e. The van der Waals surface area contributed by atoms with Crippen molar-refractivity contribution in [3.63, 3.8) is 0 Å². The summed E-state index contributed by atoms with van der Waals surface area (Å²) in [5.74, 6) is 0. The standard InChI is InChI=1S/C16H15ClN2/c17-14-6-4-12(5-7-14)11-19-9-8-15-13(10-18)2-1-3-16(15)19/h1-9H,10-11,18H2. The molecule has 0 bridgehead atoms. The lowest BCUT2D eigenvalue weighted by molar-refractivity contribution is 0.837. The molecule has 0 atom stereocenters. The smallest absolute Gasteiger partial charge is 0.0486 e. The minimum atomic E-state index is 0.572. The molecule has 0 unspecified atom stereocenters. The first kappa shape index (κ1) is 12.3. The van der Waals surface area contributed by atoms with Crippen LogP contribution in [-0.4, -0.2) is 4.57 Å². The molecular formula is C16H15ClN2. The van der Waals surface area contributed by atoms with Gasteiger partial charge in [-0.05, 0) is 35.4 Å². The molecule has 3 heteroatoms. The predicted octanol–water partition coefficient (Wildman–Crippen LogP) is 3.80. The van der Waals surface area contributed by atoms with Crippen LogP contribution in [0.25, 0.3) is 10.9 Å². The van der Waals surface area contributed by atoms with E-state index in [-0.39, 0.29) is 0 Å². The molecule has 0 fully saturated rings. The third-order valence-electron chi connectivity index (χ3n) is 3.39. The van der Waals surface area contributed by atoms with Crippen molar-refractivity contribution in [3.8, 4) is 0 Å². The van der Waals surface area contributed by atoms with Crippen molar-refractivity contribution >= 4 is 22.5 Å². The average Bonchev–Trinajstić information content (AvgIpc) is 2.84. The van der Waals surface area contributed by atoms with Gasteiger partial charge >= 0.3 is 0 Å². The van der Waals surface area contributed by atoms with Crippen LogP contribution in [0.2, 0.25) is 5.02 Å². The summed E-state index contributed by atoms with van der Waals surface area (Å²) in [5, 5.41) is 2.01. The third-order valence-corrected chi connectivity index (χ3v) is 3.64.